The second-order valence-corrected chi connectivity index (χ2v) is 21.0. The average Bonchev–Trinajstić information content (AvgIpc) is 3.72. The van der Waals surface area contributed by atoms with Gasteiger partial charge in [0, 0.05) is 50.7 Å². The first-order valence-corrected chi connectivity index (χ1v) is 23.7. The van der Waals surface area contributed by atoms with Crippen molar-refractivity contribution in [3.63, 3.8) is 0 Å². The summed E-state index contributed by atoms with van der Waals surface area (Å²) in [6.45, 7) is 25.0. The fraction of sp³-hybridized carbons (Fsp3) is 0.979. The first kappa shape index (κ1) is 52.6. The molecule has 0 unspecified atom stereocenters. The Labute approximate surface area is 369 Å². The molecular weight excluding hydrogens is 783 g/mol. The van der Waals surface area contributed by atoms with Crippen molar-refractivity contribution in [2.45, 2.75) is 231 Å². The lowest BCUT2D eigenvalue weighted by Gasteiger charge is -2.54. The van der Waals surface area contributed by atoms with E-state index in [1.165, 1.54) is 0 Å². The number of methoxy groups -OCH3 is 1. The second-order valence-electron chi connectivity index (χ2n) is 21.0. The van der Waals surface area contributed by atoms with Crippen LogP contribution in [0, 0.1) is 23.2 Å². The molecular formula is C47H89N3O11. The number of carbonyl (C=O) groups excluding carboxylic acids is 1. The van der Waals surface area contributed by atoms with E-state index in [0.29, 0.717) is 25.4 Å². The van der Waals surface area contributed by atoms with Gasteiger partial charge in [-0.1, -0.05) is 54.4 Å². The molecule has 5 N–H and O–H groups in total. The van der Waals surface area contributed by atoms with E-state index in [1.54, 1.807) is 21.0 Å². The molecule has 0 aromatic heterocycles. The Morgan fingerprint density at radius 3 is 2.15 bits per heavy atom. The Bertz CT molecular complexity index is 1370. The highest BCUT2D eigenvalue weighted by atomic mass is 16.7. The van der Waals surface area contributed by atoms with Gasteiger partial charge in [-0.15, -0.1) is 0 Å². The van der Waals surface area contributed by atoms with Gasteiger partial charge in [-0.3, -0.25) is 4.79 Å². The summed E-state index contributed by atoms with van der Waals surface area (Å²) in [5, 5.41) is 51.5. The number of nitrogens with zero attached hydrogens (tertiary/aromatic N) is 2. The molecule has 1 saturated carbocycles. The van der Waals surface area contributed by atoms with Crippen molar-refractivity contribution in [2.24, 2.45) is 23.2 Å². The van der Waals surface area contributed by atoms with Gasteiger partial charge in [0.2, 0.25) is 0 Å². The highest BCUT2D eigenvalue weighted by Crippen LogP contribution is 2.45. The Morgan fingerprint density at radius 1 is 0.934 bits per heavy atom. The van der Waals surface area contributed by atoms with E-state index in [4.69, 9.17) is 28.4 Å². The zero-order valence-corrected chi connectivity index (χ0v) is 40.7. The summed E-state index contributed by atoms with van der Waals surface area (Å²) in [6.07, 6.45) is -0.353. The molecule has 0 aromatic carbocycles. The van der Waals surface area contributed by atoms with Crippen LogP contribution in [0.1, 0.15) is 141 Å². The van der Waals surface area contributed by atoms with Crippen molar-refractivity contribution in [3.8, 4) is 0 Å². The van der Waals surface area contributed by atoms with Crippen molar-refractivity contribution >= 4 is 5.97 Å². The summed E-state index contributed by atoms with van der Waals surface area (Å²) in [5.41, 5.74) is -4.81. The largest absolute Gasteiger partial charge is 0.459 e. The highest BCUT2D eigenvalue weighted by molar-refractivity contribution is 5.73. The number of esters is 1. The fourth-order valence-corrected chi connectivity index (χ4v) is 11.3. The normalized spacial score (nSPS) is 45.3. The minimum atomic E-state index is -1.74. The van der Waals surface area contributed by atoms with Crippen LogP contribution in [0.2, 0.25) is 0 Å². The molecule has 61 heavy (non-hydrogen) atoms. The maximum atomic E-state index is 14.6. The van der Waals surface area contributed by atoms with Gasteiger partial charge in [-0.25, -0.2) is 0 Å². The number of rotatable bonds is 12. The van der Waals surface area contributed by atoms with Gasteiger partial charge in [0.1, 0.15) is 29.0 Å². The predicted molar refractivity (Wildman–Crippen MR) is 236 cm³/mol. The van der Waals surface area contributed by atoms with Gasteiger partial charge in [-0.05, 0) is 112 Å². The molecule has 0 spiro atoms. The summed E-state index contributed by atoms with van der Waals surface area (Å²) in [7, 11) is 5.50. The van der Waals surface area contributed by atoms with Crippen LogP contribution in [0.5, 0.6) is 0 Å². The third-order valence-electron chi connectivity index (χ3n) is 15.4. The molecule has 14 nitrogen and oxygen atoms in total. The number of hydrogen-bond donors (Lipinski definition) is 5. The van der Waals surface area contributed by atoms with Crippen molar-refractivity contribution in [2.75, 3.05) is 40.8 Å². The summed E-state index contributed by atoms with van der Waals surface area (Å²) in [6, 6.07) is 0.136. The number of carbonyl (C=O) groups is 1. The van der Waals surface area contributed by atoms with Crippen LogP contribution in [-0.2, 0) is 33.2 Å². The third-order valence-corrected chi connectivity index (χ3v) is 15.4. The van der Waals surface area contributed by atoms with E-state index < -0.39 is 89.2 Å². The first-order valence-electron chi connectivity index (χ1n) is 23.7. The molecule has 4 aliphatic rings. The molecule has 14 heteroatoms. The summed E-state index contributed by atoms with van der Waals surface area (Å²) >= 11 is 0. The van der Waals surface area contributed by atoms with Crippen molar-refractivity contribution in [1.82, 2.24) is 15.1 Å². The maximum Gasteiger partial charge on any atom is 0.311 e. The monoisotopic (exact) mass is 872 g/mol. The number of aliphatic hydroxyl groups excluding tert-OH is 2. The van der Waals surface area contributed by atoms with Crippen LogP contribution < -0.4 is 5.32 Å². The van der Waals surface area contributed by atoms with E-state index >= 15 is 0 Å². The van der Waals surface area contributed by atoms with Gasteiger partial charge in [0.25, 0.3) is 0 Å². The summed E-state index contributed by atoms with van der Waals surface area (Å²) < 4.78 is 39.6. The Hall–Kier alpha value is -1.01. The van der Waals surface area contributed by atoms with Gasteiger partial charge in [-0.2, -0.15) is 0 Å². The molecule has 0 aromatic rings. The van der Waals surface area contributed by atoms with Crippen LogP contribution in [0.15, 0.2) is 0 Å². The van der Waals surface area contributed by atoms with E-state index in [1.807, 2.05) is 60.5 Å². The molecule has 3 saturated heterocycles. The lowest BCUT2D eigenvalue weighted by molar-refractivity contribution is -0.334. The molecule has 0 amide bonds. The minimum absolute atomic E-state index is 0.0146. The molecule has 358 valence electrons. The molecule has 4 fully saturated rings. The zero-order valence-electron chi connectivity index (χ0n) is 40.7. The van der Waals surface area contributed by atoms with Crippen molar-refractivity contribution in [3.05, 3.63) is 0 Å². The number of ether oxygens (including phenoxy) is 6. The van der Waals surface area contributed by atoms with E-state index in [2.05, 4.69) is 37.9 Å². The molecule has 4 rings (SSSR count). The third kappa shape index (κ3) is 11.9. The highest BCUT2D eigenvalue weighted by Gasteiger charge is 2.58. The molecule has 3 aliphatic heterocycles. The van der Waals surface area contributed by atoms with Crippen LogP contribution >= 0.6 is 0 Å². The lowest BCUT2D eigenvalue weighted by Crippen LogP contribution is -2.70. The standard InChI is InChI=1S/C47H89N3O11/c1-16-22-50-26-28(3)40(52)46(12,54)36(17-2)59-42(53)32(7)39(60-37-25-45(11,56-15)47(55,33(8)58-37)27-48-34-20-18-19-21-34)31(6)41(44(9,10)24-29(50)4)61-43-38(51)35(49(13)14)23-30(5)57-43/h28-41,43,48,51-52,54-55H,16-27H2,1-15H3/t28-,29+,30+,31-,32+,33-,35-,36+,37+,38+,39+,40+,41+,43-,45-,46+,47+/m0/s1. The number of nitrogens with one attached hydrogen (secondary N) is 1. The Kier molecular flexibility index (Phi) is 18.6. The maximum absolute atomic E-state index is 14.6. The van der Waals surface area contributed by atoms with Crippen LogP contribution in [0.25, 0.3) is 0 Å². The fourth-order valence-electron chi connectivity index (χ4n) is 11.3. The van der Waals surface area contributed by atoms with Gasteiger partial charge in [0.05, 0.1) is 36.4 Å². The number of cyclic esters (lactones) is 1. The van der Waals surface area contributed by atoms with E-state index in [9.17, 15) is 25.2 Å². The van der Waals surface area contributed by atoms with Crippen LogP contribution in [-0.4, -0.2) is 167 Å². The number of likely N-dealkylation sites (N-methyl/N-ethyl adjacent to an activating group) is 1. The van der Waals surface area contributed by atoms with E-state index in [-0.39, 0.29) is 43.5 Å². The predicted octanol–water partition coefficient (Wildman–Crippen LogP) is 4.86. The molecule has 3 heterocycles. The van der Waals surface area contributed by atoms with Gasteiger partial charge in [0.15, 0.2) is 12.6 Å². The lowest BCUT2D eigenvalue weighted by atomic mass is 9.72. The van der Waals surface area contributed by atoms with Gasteiger partial charge >= 0.3 is 5.97 Å². The van der Waals surface area contributed by atoms with E-state index in [0.717, 1.165) is 38.6 Å². The number of aliphatic hydroxyl groups is 4. The Balaban J connectivity index is 1.82. The topological polar surface area (TPSA) is 172 Å². The zero-order chi connectivity index (χ0) is 45.8. The Morgan fingerprint density at radius 2 is 1.57 bits per heavy atom. The second kappa shape index (κ2) is 21.5. The molecule has 0 radical (unpaired) electrons. The van der Waals surface area contributed by atoms with Crippen molar-refractivity contribution in [1.29, 1.82) is 0 Å². The average molecular weight is 872 g/mol. The summed E-state index contributed by atoms with van der Waals surface area (Å²) in [5.74, 6) is -2.39. The molecule has 0 bridgehead atoms. The quantitative estimate of drug-likeness (QED) is 0.169. The van der Waals surface area contributed by atoms with Crippen LogP contribution in [0.3, 0.4) is 0 Å². The SMILES string of the molecule is CCCN1C[C@H](C)[C@@H](O)[C@](C)(O)[C@@H](CC)OC(=O)[C@H](C)[C@H](O[C@@H]2C[C@](C)(OC)[C@@](O)(CNC3CCCC3)[C@H](C)O2)[C@H](C)[C@@H](O[C@@H]2O[C@H](C)C[C@H](N(C)C)[C@H]2O)C(C)(C)C[C@H]1C. The number of hydrogen-bond acceptors (Lipinski definition) is 14. The van der Waals surface area contributed by atoms with Gasteiger partial charge < -0.3 is 64.0 Å². The minimum Gasteiger partial charge on any atom is -0.459 e. The molecule has 17 atom stereocenters. The molecule has 1 aliphatic carbocycles. The van der Waals surface area contributed by atoms with Crippen molar-refractivity contribution < 1.29 is 53.6 Å². The smallest absolute Gasteiger partial charge is 0.311 e. The first-order chi connectivity index (χ1) is 28.4. The van der Waals surface area contributed by atoms with Crippen LogP contribution in [0.4, 0.5) is 0 Å². The summed E-state index contributed by atoms with van der Waals surface area (Å²) in [4.78, 5) is 19.0.